The zero-order chi connectivity index (χ0) is 14.7. The Hall–Kier alpha value is -1.03. The average Bonchev–Trinajstić information content (AvgIpc) is 2.27. The Morgan fingerprint density at radius 1 is 1.32 bits per heavy atom. The van der Waals surface area contributed by atoms with Crippen molar-refractivity contribution in [2.24, 2.45) is 5.14 Å². The maximum Gasteiger partial charge on any atom is 0.238 e. The van der Waals surface area contributed by atoms with Crippen molar-refractivity contribution in [1.29, 1.82) is 0 Å². The SMILES string of the molecule is COc1ccc(S(N)(=O)=O)cc1NS(=O)(=O)CCCl. The number of alkyl halides is 1. The van der Waals surface area contributed by atoms with Crippen LogP contribution in [0.3, 0.4) is 0 Å². The summed E-state index contributed by atoms with van der Waals surface area (Å²) in [7, 11) is -6.29. The summed E-state index contributed by atoms with van der Waals surface area (Å²) in [6.07, 6.45) is 0. The van der Waals surface area contributed by atoms with E-state index in [1.165, 1.54) is 19.2 Å². The topological polar surface area (TPSA) is 116 Å². The van der Waals surface area contributed by atoms with E-state index in [9.17, 15) is 16.8 Å². The van der Waals surface area contributed by atoms with Gasteiger partial charge in [0.1, 0.15) is 5.75 Å². The van der Waals surface area contributed by atoms with Gasteiger partial charge in [-0.05, 0) is 18.2 Å². The zero-order valence-corrected chi connectivity index (χ0v) is 12.3. The Kier molecular flexibility index (Phi) is 5.02. The van der Waals surface area contributed by atoms with Crippen LogP contribution in [-0.2, 0) is 20.0 Å². The molecule has 19 heavy (non-hydrogen) atoms. The van der Waals surface area contributed by atoms with Crippen molar-refractivity contribution in [3.05, 3.63) is 18.2 Å². The monoisotopic (exact) mass is 328 g/mol. The van der Waals surface area contributed by atoms with E-state index in [0.29, 0.717) is 0 Å². The van der Waals surface area contributed by atoms with Gasteiger partial charge in [0.25, 0.3) is 0 Å². The number of nitrogens with two attached hydrogens (primary N) is 1. The number of halogens is 1. The molecular formula is C9H13ClN2O5S2. The van der Waals surface area contributed by atoms with Gasteiger partial charge in [0, 0.05) is 5.88 Å². The first kappa shape index (κ1) is 16.0. The molecule has 0 fully saturated rings. The van der Waals surface area contributed by atoms with E-state index in [2.05, 4.69) is 4.72 Å². The van der Waals surface area contributed by atoms with Gasteiger partial charge in [-0.1, -0.05) is 0 Å². The van der Waals surface area contributed by atoms with Gasteiger partial charge in [0.15, 0.2) is 0 Å². The standard InChI is InChI=1S/C9H13ClN2O5S2/c1-17-9-3-2-7(19(11,15)16)6-8(9)12-18(13,14)5-4-10/h2-3,6,12H,4-5H2,1H3,(H2,11,15,16). The van der Waals surface area contributed by atoms with Crippen molar-refractivity contribution in [3.8, 4) is 5.75 Å². The van der Waals surface area contributed by atoms with E-state index >= 15 is 0 Å². The fraction of sp³-hybridized carbons (Fsp3) is 0.333. The molecule has 0 heterocycles. The third-order valence-electron chi connectivity index (χ3n) is 2.11. The molecule has 0 aliphatic heterocycles. The van der Waals surface area contributed by atoms with Crippen LogP contribution in [0.4, 0.5) is 5.69 Å². The van der Waals surface area contributed by atoms with Crippen LogP contribution < -0.4 is 14.6 Å². The summed E-state index contributed by atoms with van der Waals surface area (Å²) in [6.45, 7) is 0. The number of primary sulfonamides is 1. The maximum absolute atomic E-state index is 11.6. The molecule has 1 aromatic rings. The first-order valence-corrected chi connectivity index (χ1v) is 8.70. The lowest BCUT2D eigenvalue weighted by molar-refractivity contribution is 0.416. The van der Waals surface area contributed by atoms with Crippen LogP contribution in [0.1, 0.15) is 0 Å². The Labute approximate surface area is 116 Å². The van der Waals surface area contributed by atoms with Gasteiger partial charge in [0.2, 0.25) is 20.0 Å². The van der Waals surface area contributed by atoms with E-state index in [1.807, 2.05) is 0 Å². The van der Waals surface area contributed by atoms with Gasteiger partial charge in [-0.15, -0.1) is 11.6 Å². The smallest absolute Gasteiger partial charge is 0.238 e. The predicted molar refractivity (Wildman–Crippen MR) is 72.5 cm³/mol. The molecule has 1 aromatic carbocycles. The van der Waals surface area contributed by atoms with E-state index in [4.69, 9.17) is 21.5 Å². The number of anilines is 1. The molecule has 0 atom stereocenters. The number of methoxy groups -OCH3 is 1. The molecule has 1 rings (SSSR count). The summed E-state index contributed by atoms with van der Waals surface area (Å²) in [5.74, 6) is -0.227. The van der Waals surface area contributed by atoms with Crippen molar-refractivity contribution in [2.45, 2.75) is 4.90 Å². The number of hydrogen-bond donors (Lipinski definition) is 2. The van der Waals surface area contributed by atoms with Crippen molar-refractivity contribution in [2.75, 3.05) is 23.5 Å². The molecule has 0 aliphatic rings. The molecular weight excluding hydrogens is 316 g/mol. The highest BCUT2D eigenvalue weighted by Crippen LogP contribution is 2.27. The lowest BCUT2D eigenvalue weighted by Gasteiger charge is -2.12. The highest BCUT2D eigenvalue weighted by molar-refractivity contribution is 7.92. The van der Waals surface area contributed by atoms with Crippen LogP contribution in [0.25, 0.3) is 0 Å². The molecule has 3 N–H and O–H groups in total. The minimum Gasteiger partial charge on any atom is -0.495 e. The molecule has 0 amide bonds. The van der Waals surface area contributed by atoms with Gasteiger partial charge >= 0.3 is 0 Å². The molecule has 0 aromatic heterocycles. The summed E-state index contributed by atoms with van der Waals surface area (Å²) >= 11 is 5.36. The number of rotatable bonds is 6. The lowest BCUT2D eigenvalue weighted by Crippen LogP contribution is -2.19. The van der Waals surface area contributed by atoms with Gasteiger partial charge in [-0.2, -0.15) is 0 Å². The number of hydrogen-bond acceptors (Lipinski definition) is 5. The molecule has 0 bridgehead atoms. The first-order chi connectivity index (χ1) is 8.69. The van der Waals surface area contributed by atoms with Gasteiger partial charge in [0.05, 0.1) is 23.4 Å². The highest BCUT2D eigenvalue weighted by atomic mass is 35.5. The largest absolute Gasteiger partial charge is 0.495 e. The number of ether oxygens (including phenoxy) is 1. The maximum atomic E-state index is 11.6. The van der Waals surface area contributed by atoms with Gasteiger partial charge in [-0.25, -0.2) is 22.0 Å². The van der Waals surface area contributed by atoms with Crippen LogP contribution in [0.2, 0.25) is 0 Å². The third-order valence-corrected chi connectivity index (χ3v) is 4.71. The second-order valence-electron chi connectivity index (χ2n) is 3.52. The predicted octanol–water partition coefficient (Wildman–Crippen LogP) is 0.323. The molecule has 0 saturated carbocycles. The van der Waals surface area contributed by atoms with Gasteiger partial charge in [-0.3, -0.25) is 4.72 Å². The quantitative estimate of drug-likeness (QED) is 0.730. The second kappa shape index (κ2) is 5.95. The van der Waals surface area contributed by atoms with Crippen molar-refractivity contribution >= 4 is 37.3 Å². The van der Waals surface area contributed by atoms with Crippen molar-refractivity contribution in [3.63, 3.8) is 0 Å². The molecule has 10 heteroatoms. The minimum atomic E-state index is -3.93. The van der Waals surface area contributed by atoms with E-state index < -0.39 is 20.0 Å². The first-order valence-electron chi connectivity index (χ1n) is 4.97. The Bertz CT molecular complexity index is 657. The molecule has 0 spiro atoms. The van der Waals surface area contributed by atoms with Crippen LogP contribution >= 0.6 is 11.6 Å². The van der Waals surface area contributed by atoms with E-state index in [0.717, 1.165) is 6.07 Å². The number of nitrogens with one attached hydrogen (secondary N) is 1. The fourth-order valence-corrected chi connectivity index (χ4v) is 3.21. The fourth-order valence-electron chi connectivity index (χ4n) is 1.26. The minimum absolute atomic E-state index is 0.0147. The third kappa shape index (κ3) is 4.53. The van der Waals surface area contributed by atoms with E-state index in [1.54, 1.807) is 0 Å². The summed E-state index contributed by atoms with van der Waals surface area (Å²) in [5.41, 5.74) is -0.0147. The molecule has 0 aliphatic carbocycles. The molecule has 0 unspecified atom stereocenters. The van der Waals surface area contributed by atoms with E-state index in [-0.39, 0.29) is 28.0 Å². The molecule has 108 valence electrons. The number of benzene rings is 1. The second-order valence-corrected chi connectivity index (χ2v) is 7.30. The van der Waals surface area contributed by atoms with Crippen LogP contribution in [0.15, 0.2) is 23.1 Å². The molecule has 7 nitrogen and oxygen atoms in total. The normalized spacial score (nSPS) is 12.2. The lowest BCUT2D eigenvalue weighted by atomic mass is 10.3. The summed E-state index contributed by atoms with van der Waals surface area (Å²) in [6, 6.07) is 3.60. The van der Waals surface area contributed by atoms with Crippen molar-refractivity contribution < 1.29 is 21.6 Å². The summed E-state index contributed by atoms with van der Waals surface area (Å²) < 4.78 is 52.8. The summed E-state index contributed by atoms with van der Waals surface area (Å²) in [4.78, 5) is -0.225. The highest BCUT2D eigenvalue weighted by Gasteiger charge is 2.16. The molecule has 0 radical (unpaired) electrons. The van der Waals surface area contributed by atoms with Crippen LogP contribution in [-0.4, -0.2) is 35.6 Å². The number of sulfonamides is 2. The van der Waals surface area contributed by atoms with Crippen LogP contribution in [0.5, 0.6) is 5.75 Å². The van der Waals surface area contributed by atoms with Crippen LogP contribution in [0, 0.1) is 0 Å². The average molecular weight is 329 g/mol. The Balaban J connectivity index is 3.25. The van der Waals surface area contributed by atoms with Gasteiger partial charge < -0.3 is 4.74 Å². The molecule has 0 saturated heterocycles. The Morgan fingerprint density at radius 3 is 2.42 bits per heavy atom. The van der Waals surface area contributed by atoms with Crippen molar-refractivity contribution in [1.82, 2.24) is 0 Å². The summed E-state index contributed by atoms with van der Waals surface area (Å²) in [5, 5.41) is 4.97. The zero-order valence-electron chi connectivity index (χ0n) is 9.96. The Morgan fingerprint density at radius 2 is 1.95 bits per heavy atom.